The number of hydrogen-bond acceptors (Lipinski definition) is 4. The molecular weight excluding hydrogens is 266 g/mol. The second-order valence-corrected chi connectivity index (χ2v) is 6.93. The molecule has 2 bridgehead atoms. The van der Waals surface area contributed by atoms with Crippen LogP contribution in [0.3, 0.4) is 0 Å². The minimum atomic E-state index is -0.955. The van der Waals surface area contributed by atoms with Crippen molar-refractivity contribution in [3.63, 3.8) is 0 Å². The van der Waals surface area contributed by atoms with Crippen LogP contribution in [0.5, 0.6) is 5.75 Å². The largest absolute Gasteiger partial charge is 0.486 e. The van der Waals surface area contributed by atoms with E-state index >= 15 is 0 Å². The molecule has 110 valence electrons. The fourth-order valence-electron chi connectivity index (χ4n) is 5.26. The van der Waals surface area contributed by atoms with Gasteiger partial charge in [-0.15, -0.1) is 0 Å². The van der Waals surface area contributed by atoms with Crippen molar-refractivity contribution in [1.29, 1.82) is 0 Å². The Morgan fingerprint density at radius 2 is 2.24 bits per heavy atom. The van der Waals surface area contributed by atoms with E-state index < -0.39 is 17.1 Å². The highest BCUT2D eigenvalue weighted by Crippen LogP contribution is 2.62. The first-order valence-corrected chi connectivity index (χ1v) is 7.67. The van der Waals surface area contributed by atoms with Gasteiger partial charge in [-0.1, -0.05) is 24.3 Å². The molecule has 4 nitrogen and oxygen atoms in total. The Morgan fingerprint density at radius 3 is 3.10 bits per heavy atom. The van der Waals surface area contributed by atoms with Crippen LogP contribution >= 0.6 is 0 Å². The summed E-state index contributed by atoms with van der Waals surface area (Å²) in [6.07, 6.45) is 4.16. The summed E-state index contributed by atoms with van der Waals surface area (Å²) in [5.74, 6) is 0.849. The molecule has 5 atom stereocenters. The maximum atomic E-state index is 11.6. The number of ether oxygens (including phenoxy) is 1. The van der Waals surface area contributed by atoms with Crippen molar-refractivity contribution in [2.24, 2.45) is 0 Å². The Balaban J connectivity index is 1.88. The lowest BCUT2D eigenvalue weighted by molar-refractivity contribution is -0.151. The molecule has 0 saturated carbocycles. The van der Waals surface area contributed by atoms with E-state index in [-0.39, 0.29) is 12.1 Å². The lowest BCUT2D eigenvalue weighted by Crippen LogP contribution is -2.75. The number of likely N-dealkylation sites (N-methyl/N-ethyl adjacent to an activating group) is 1. The summed E-state index contributed by atoms with van der Waals surface area (Å²) < 4.78 is 6.11. The van der Waals surface area contributed by atoms with E-state index in [1.807, 2.05) is 18.2 Å². The normalized spacial score (nSPS) is 46.1. The van der Waals surface area contributed by atoms with E-state index in [4.69, 9.17) is 4.74 Å². The molecule has 2 aliphatic carbocycles. The highest BCUT2D eigenvalue weighted by Gasteiger charge is 2.70. The van der Waals surface area contributed by atoms with E-state index in [1.165, 1.54) is 5.56 Å². The Bertz CT molecular complexity index is 672. The molecule has 0 radical (unpaired) electrons. The molecule has 5 unspecified atom stereocenters. The number of piperidine rings is 1. The highest BCUT2D eigenvalue weighted by molar-refractivity contribution is 5.59. The number of rotatable bonds is 0. The molecule has 2 aliphatic heterocycles. The second kappa shape index (κ2) is 3.51. The first-order chi connectivity index (χ1) is 10.1. The van der Waals surface area contributed by atoms with Gasteiger partial charge in [-0.2, -0.15) is 0 Å². The fourth-order valence-corrected chi connectivity index (χ4v) is 5.26. The van der Waals surface area contributed by atoms with E-state index in [9.17, 15) is 10.2 Å². The van der Waals surface area contributed by atoms with Crippen molar-refractivity contribution in [2.75, 3.05) is 13.6 Å². The molecule has 5 rings (SSSR count). The van der Waals surface area contributed by atoms with Crippen molar-refractivity contribution in [1.82, 2.24) is 4.90 Å². The van der Waals surface area contributed by atoms with Gasteiger partial charge >= 0.3 is 0 Å². The quantitative estimate of drug-likeness (QED) is 0.686. The fraction of sp³-hybridized carbons (Fsp3) is 0.529. The van der Waals surface area contributed by atoms with Gasteiger partial charge in [-0.3, -0.25) is 4.90 Å². The van der Waals surface area contributed by atoms with E-state index in [0.29, 0.717) is 0 Å². The Kier molecular flexibility index (Phi) is 2.04. The molecular formula is C17H19NO3. The van der Waals surface area contributed by atoms with Crippen LogP contribution in [-0.2, 0) is 11.8 Å². The van der Waals surface area contributed by atoms with Crippen LogP contribution in [-0.4, -0.2) is 52.6 Å². The topological polar surface area (TPSA) is 52.9 Å². The van der Waals surface area contributed by atoms with Gasteiger partial charge in [-0.25, -0.2) is 0 Å². The number of likely N-dealkylation sites (tertiary alicyclic amines) is 1. The molecule has 0 aromatic heterocycles. The van der Waals surface area contributed by atoms with Crippen LogP contribution in [0.25, 0.3) is 0 Å². The predicted molar refractivity (Wildman–Crippen MR) is 77.4 cm³/mol. The van der Waals surface area contributed by atoms with Gasteiger partial charge in [0.25, 0.3) is 0 Å². The maximum absolute atomic E-state index is 11.6. The van der Waals surface area contributed by atoms with Gasteiger partial charge in [0.2, 0.25) is 0 Å². The smallest absolute Gasteiger partial charge is 0.141 e. The molecule has 21 heavy (non-hydrogen) atoms. The first kappa shape index (κ1) is 12.2. The lowest BCUT2D eigenvalue weighted by atomic mass is 9.50. The standard InChI is InChI=1S/C17H19NO3/c1-18-8-7-16-14-10-3-2-4-12(14)21-15(16)11(19)5-6-17(16,20)13(18)9-10/h2-6,11,13,15,19-20H,7-9H2,1H3. The Morgan fingerprint density at radius 1 is 1.38 bits per heavy atom. The Labute approximate surface area is 123 Å². The van der Waals surface area contributed by atoms with Gasteiger partial charge in [0.05, 0.1) is 5.41 Å². The third-order valence-corrected chi connectivity index (χ3v) is 6.18. The molecule has 1 fully saturated rings. The summed E-state index contributed by atoms with van der Waals surface area (Å²) in [7, 11) is 2.08. The van der Waals surface area contributed by atoms with Crippen LogP contribution in [0.1, 0.15) is 17.5 Å². The van der Waals surface area contributed by atoms with Gasteiger partial charge in [0, 0.05) is 11.6 Å². The maximum Gasteiger partial charge on any atom is 0.141 e. The highest BCUT2D eigenvalue weighted by atomic mass is 16.5. The molecule has 1 spiro atoms. The van der Waals surface area contributed by atoms with Crippen LogP contribution in [0, 0.1) is 0 Å². The number of hydrogen-bond donors (Lipinski definition) is 2. The van der Waals surface area contributed by atoms with Crippen LogP contribution in [0.4, 0.5) is 0 Å². The average molecular weight is 285 g/mol. The zero-order valence-electron chi connectivity index (χ0n) is 12.0. The monoisotopic (exact) mass is 285 g/mol. The van der Waals surface area contributed by atoms with Crippen molar-refractivity contribution >= 4 is 0 Å². The zero-order valence-corrected chi connectivity index (χ0v) is 12.0. The first-order valence-electron chi connectivity index (χ1n) is 7.67. The average Bonchev–Trinajstić information content (AvgIpc) is 2.81. The number of aliphatic hydroxyl groups is 2. The molecule has 1 aromatic carbocycles. The van der Waals surface area contributed by atoms with Gasteiger partial charge in [-0.05, 0) is 38.1 Å². The summed E-state index contributed by atoms with van der Waals surface area (Å²) in [6.45, 7) is 0.918. The van der Waals surface area contributed by atoms with Crippen LogP contribution in [0.15, 0.2) is 30.4 Å². The van der Waals surface area contributed by atoms with Crippen LogP contribution < -0.4 is 4.74 Å². The van der Waals surface area contributed by atoms with Crippen LogP contribution in [0.2, 0.25) is 0 Å². The third-order valence-electron chi connectivity index (χ3n) is 6.18. The molecule has 4 aliphatic rings. The van der Waals surface area contributed by atoms with Gasteiger partial charge in [0.15, 0.2) is 0 Å². The van der Waals surface area contributed by atoms with Crippen molar-refractivity contribution < 1.29 is 14.9 Å². The molecule has 4 heteroatoms. The predicted octanol–water partition coefficient (Wildman–Crippen LogP) is 0.607. The summed E-state index contributed by atoms with van der Waals surface area (Å²) >= 11 is 0. The summed E-state index contributed by atoms with van der Waals surface area (Å²) in [4.78, 5) is 2.25. The van der Waals surface area contributed by atoms with Crippen molar-refractivity contribution in [3.8, 4) is 5.75 Å². The minimum absolute atomic E-state index is 0.0435. The van der Waals surface area contributed by atoms with Gasteiger partial charge in [0.1, 0.15) is 23.6 Å². The molecule has 1 aromatic rings. The van der Waals surface area contributed by atoms with E-state index in [2.05, 4.69) is 18.0 Å². The molecule has 2 heterocycles. The second-order valence-electron chi connectivity index (χ2n) is 6.93. The minimum Gasteiger partial charge on any atom is -0.486 e. The molecule has 1 saturated heterocycles. The molecule has 0 amide bonds. The van der Waals surface area contributed by atoms with E-state index in [0.717, 1.165) is 30.7 Å². The third kappa shape index (κ3) is 1.13. The number of nitrogens with zero attached hydrogens (tertiary/aromatic N) is 1. The number of benzene rings is 1. The SMILES string of the molecule is CN1CCC23c4c5cccc4OC2C(O)C=CC3(O)C1C5. The lowest BCUT2D eigenvalue weighted by Gasteiger charge is -2.61. The Hall–Kier alpha value is -1.36. The number of aliphatic hydroxyl groups excluding tert-OH is 1. The molecule has 2 N–H and O–H groups in total. The van der Waals surface area contributed by atoms with Gasteiger partial charge < -0.3 is 14.9 Å². The van der Waals surface area contributed by atoms with E-state index in [1.54, 1.807) is 6.08 Å². The zero-order chi connectivity index (χ0) is 14.4. The summed E-state index contributed by atoms with van der Waals surface area (Å²) in [6, 6.07) is 6.17. The van der Waals surface area contributed by atoms with Crippen molar-refractivity contribution in [3.05, 3.63) is 41.5 Å². The summed E-state index contributed by atoms with van der Waals surface area (Å²) in [5, 5.41) is 22.0. The summed E-state index contributed by atoms with van der Waals surface area (Å²) in [5.41, 5.74) is 0.954. The van der Waals surface area contributed by atoms with Crippen molar-refractivity contribution in [2.45, 2.75) is 42.1 Å².